The maximum atomic E-state index is 11.8. The number of carbonyl (C=O) groups is 2. The number of rotatable bonds is 6. The van der Waals surface area contributed by atoms with Crippen LogP contribution in [-0.4, -0.2) is 30.6 Å². The van der Waals surface area contributed by atoms with Gasteiger partial charge in [-0.3, -0.25) is 14.9 Å². The molecule has 120 valence electrons. The number of benzene rings is 1. The summed E-state index contributed by atoms with van der Waals surface area (Å²) >= 11 is 1.32. The van der Waals surface area contributed by atoms with Crippen LogP contribution in [0.5, 0.6) is 5.75 Å². The molecule has 2 aromatic rings. The lowest BCUT2D eigenvalue weighted by atomic mass is 10.2. The number of carbonyl (C=O) groups excluding carboxylic acids is 2. The molecule has 1 aromatic carbocycles. The second-order valence-corrected chi connectivity index (χ2v) is 6.05. The molecular formula is C16H16N2O4S. The predicted molar refractivity (Wildman–Crippen MR) is 86.4 cm³/mol. The molecule has 1 aliphatic carbocycles. The minimum absolute atomic E-state index is 0.00987. The first-order valence-corrected chi connectivity index (χ1v) is 8.10. The van der Waals surface area contributed by atoms with E-state index in [1.54, 1.807) is 7.11 Å². The van der Waals surface area contributed by atoms with Crippen LogP contribution in [0.1, 0.15) is 12.8 Å². The second kappa shape index (κ2) is 6.78. The molecule has 1 fully saturated rings. The Morgan fingerprint density at radius 3 is 2.70 bits per heavy atom. The molecule has 1 saturated carbocycles. The number of nitrogens with zero attached hydrogens (tertiary/aromatic N) is 1. The largest absolute Gasteiger partial charge is 0.497 e. The summed E-state index contributed by atoms with van der Waals surface area (Å²) in [6.07, 6.45) is 1.72. The van der Waals surface area contributed by atoms with Gasteiger partial charge in [0.15, 0.2) is 11.7 Å². The van der Waals surface area contributed by atoms with Gasteiger partial charge in [0.2, 0.25) is 0 Å². The molecule has 1 aromatic heterocycles. The lowest BCUT2D eigenvalue weighted by Crippen LogP contribution is -2.21. The van der Waals surface area contributed by atoms with Crippen LogP contribution in [-0.2, 0) is 14.3 Å². The molecule has 1 heterocycles. The SMILES string of the molecule is COc1ccc(-c2csc(NC(=O)COC(=O)C3CC3)n2)cc1. The Morgan fingerprint density at radius 1 is 1.30 bits per heavy atom. The van der Waals surface area contributed by atoms with Crippen LogP contribution in [0.3, 0.4) is 0 Å². The molecular weight excluding hydrogens is 316 g/mol. The zero-order chi connectivity index (χ0) is 16.2. The van der Waals surface area contributed by atoms with Crippen molar-refractivity contribution in [2.75, 3.05) is 19.0 Å². The number of hydrogen-bond donors (Lipinski definition) is 1. The molecule has 1 amide bonds. The minimum Gasteiger partial charge on any atom is -0.497 e. The van der Waals surface area contributed by atoms with E-state index >= 15 is 0 Å². The highest BCUT2D eigenvalue weighted by atomic mass is 32.1. The van der Waals surface area contributed by atoms with E-state index in [1.807, 2.05) is 29.6 Å². The maximum absolute atomic E-state index is 11.8. The van der Waals surface area contributed by atoms with Gasteiger partial charge in [0.1, 0.15) is 5.75 Å². The summed E-state index contributed by atoms with van der Waals surface area (Å²) in [6.45, 7) is -0.271. The number of esters is 1. The highest BCUT2D eigenvalue weighted by Gasteiger charge is 2.31. The van der Waals surface area contributed by atoms with Crippen LogP contribution in [0, 0.1) is 5.92 Å². The van der Waals surface area contributed by atoms with Crippen molar-refractivity contribution in [2.45, 2.75) is 12.8 Å². The number of amides is 1. The van der Waals surface area contributed by atoms with Gasteiger partial charge in [-0.25, -0.2) is 4.98 Å². The Balaban J connectivity index is 1.55. The molecule has 6 nitrogen and oxygen atoms in total. The summed E-state index contributed by atoms with van der Waals surface area (Å²) in [6, 6.07) is 7.50. The zero-order valence-corrected chi connectivity index (χ0v) is 13.4. The van der Waals surface area contributed by atoms with Crippen molar-refractivity contribution in [2.24, 2.45) is 5.92 Å². The smallest absolute Gasteiger partial charge is 0.309 e. The van der Waals surface area contributed by atoms with E-state index < -0.39 is 0 Å². The van der Waals surface area contributed by atoms with Crippen molar-refractivity contribution in [1.29, 1.82) is 0 Å². The standard InChI is InChI=1S/C16H16N2O4S/c1-21-12-6-4-10(5-7-12)13-9-23-16(17-13)18-14(19)8-22-15(20)11-2-3-11/h4-7,9,11H,2-3,8H2,1H3,(H,17,18,19). The Hall–Kier alpha value is -2.41. The van der Waals surface area contributed by atoms with E-state index in [0.717, 1.165) is 29.8 Å². The van der Waals surface area contributed by atoms with Crippen molar-refractivity contribution in [3.63, 3.8) is 0 Å². The lowest BCUT2D eigenvalue weighted by molar-refractivity contribution is -0.148. The van der Waals surface area contributed by atoms with Crippen molar-refractivity contribution < 1.29 is 19.1 Å². The first-order chi connectivity index (χ1) is 11.2. The summed E-state index contributed by atoms with van der Waals surface area (Å²) in [5, 5.41) is 4.97. The lowest BCUT2D eigenvalue weighted by Gasteiger charge is -2.03. The molecule has 0 saturated heterocycles. The molecule has 0 atom stereocenters. The van der Waals surface area contributed by atoms with Gasteiger partial charge in [-0.2, -0.15) is 0 Å². The Bertz CT molecular complexity index is 707. The number of nitrogens with one attached hydrogen (secondary N) is 1. The first-order valence-electron chi connectivity index (χ1n) is 7.22. The average Bonchev–Trinajstić information content (AvgIpc) is 3.33. The molecule has 0 radical (unpaired) electrons. The van der Waals surface area contributed by atoms with E-state index in [1.165, 1.54) is 11.3 Å². The summed E-state index contributed by atoms with van der Waals surface area (Å²) in [7, 11) is 1.61. The third-order valence-electron chi connectivity index (χ3n) is 3.39. The fourth-order valence-electron chi connectivity index (χ4n) is 1.95. The molecule has 7 heteroatoms. The third-order valence-corrected chi connectivity index (χ3v) is 4.15. The van der Waals surface area contributed by atoms with Crippen LogP contribution in [0.15, 0.2) is 29.6 Å². The summed E-state index contributed by atoms with van der Waals surface area (Å²) in [4.78, 5) is 27.5. The quantitative estimate of drug-likeness (QED) is 0.823. The van der Waals surface area contributed by atoms with E-state index in [0.29, 0.717) is 5.13 Å². The highest BCUT2D eigenvalue weighted by molar-refractivity contribution is 7.14. The molecule has 0 spiro atoms. The van der Waals surface area contributed by atoms with Crippen LogP contribution >= 0.6 is 11.3 Å². The van der Waals surface area contributed by atoms with Crippen LogP contribution < -0.4 is 10.1 Å². The molecule has 0 unspecified atom stereocenters. The maximum Gasteiger partial charge on any atom is 0.309 e. The average molecular weight is 332 g/mol. The van der Waals surface area contributed by atoms with Gasteiger partial charge < -0.3 is 9.47 Å². The summed E-state index contributed by atoms with van der Waals surface area (Å²) in [5.74, 6) is 0.0900. The highest BCUT2D eigenvalue weighted by Crippen LogP contribution is 2.30. The van der Waals surface area contributed by atoms with Gasteiger partial charge in [-0.05, 0) is 37.1 Å². The predicted octanol–water partition coefficient (Wildman–Crippen LogP) is 2.71. The van der Waals surface area contributed by atoms with E-state index in [-0.39, 0.29) is 24.4 Å². The van der Waals surface area contributed by atoms with Gasteiger partial charge in [0.25, 0.3) is 5.91 Å². The number of methoxy groups -OCH3 is 1. The van der Waals surface area contributed by atoms with E-state index in [9.17, 15) is 9.59 Å². The summed E-state index contributed by atoms with van der Waals surface area (Å²) < 4.78 is 10.0. The minimum atomic E-state index is -0.380. The monoisotopic (exact) mass is 332 g/mol. The van der Waals surface area contributed by atoms with Crippen molar-refractivity contribution in [1.82, 2.24) is 4.98 Å². The van der Waals surface area contributed by atoms with Gasteiger partial charge in [-0.15, -0.1) is 11.3 Å². The number of anilines is 1. The van der Waals surface area contributed by atoms with Crippen LogP contribution in [0.4, 0.5) is 5.13 Å². The number of hydrogen-bond acceptors (Lipinski definition) is 6. The molecule has 1 aliphatic rings. The topological polar surface area (TPSA) is 77.5 Å². The van der Waals surface area contributed by atoms with Crippen molar-refractivity contribution >= 4 is 28.3 Å². The van der Waals surface area contributed by atoms with Gasteiger partial charge in [0, 0.05) is 10.9 Å². The van der Waals surface area contributed by atoms with E-state index in [2.05, 4.69) is 10.3 Å². The molecule has 0 bridgehead atoms. The fraction of sp³-hybridized carbons (Fsp3) is 0.312. The van der Waals surface area contributed by atoms with Gasteiger partial charge in [0.05, 0.1) is 18.7 Å². The first kappa shape index (κ1) is 15.5. The normalized spacial score (nSPS) is 13.4. The van der Waals surface area contributed by atoms with E-state index in [4.69, 9.17) is 9.47 Å². The number of aromatic nitrogens is 1. The van der Waals surface area contributed by atoms with Crippen LogP contribution in [0.25, 0.3) is 11.3 Å². The Labute approximate surface area is 137 Å². The van der Waals surface area contributed by atoms with Gasteiger partial charge >= 0.3 is 5.97 Å². The fourth-order valence-corrected chi connectivity index (χ4v) is 2.69. The van der Waals surface area contributed by atoms with Crippen LogP contribution in [0.2, 0.25) is 0 Å². The second-order valence-electron chi connectivity index (χ2n) is 5.20. The number of thiazole rings is 1. The van der Waals surface area contributed by atoms with Gasteiger partial charge in [-0.1, -0.05) is 0 Å². The Morgan fingerprint density at radius 2 is 2.04 bits per heavy atom. The molecule has 3 rings (SSSR count). The Kier molecular flexibility index (Phi) is 4.57. The third kappa shape index (κ3) is 4.07. The molecule has 1 N–H and O–H groups in total. The number of ether oxygens (including phenoxy) is 2. The van der Waals surface area contributed by atoms with Crippen molar-refractivity contribution in [3.8, 4) is 17.0 Å². The van der Waals surface area contributed by atoms with Crippen molar-refractivity contribution in [3.05, 3.63) is 29.6 Å². The zero-order valence-electron chi connectivity index (χ0n) is 12.6. The molecule has 23 heavy (non-hydrogen) atoms. The molecule has 0 aliphatic heterocycles. The summed E-state index contributed by atoms with van der Waals surface area (Å²) in [5.41, 5.74) is 1.70.